The lowest BCUT2D eigenvalue weighted by Gasteiger charge is -2.37. The Hall–Kier alpha value is -0.810. The van der Waals surface area contributed by atoms with Crippen molar-refractivity contribution in [1.82, 2.24) is 0 Å². The lowest BCUT2D eigenvalue weighted by molar-refractivity contribution is -0.850. The maximum absolute atomic E-state index is 13.0. The van der Waals surface area contributed by atoms with Crippen molar-refractivity contribution in [2.24, 2.45) is 11.8 Å². The van der Waals surface area contributed by atoms with Gasteiger partial charge in [-0.25, -0.2) is 4.79 Å². The van der Waals surface area contributed by atoms with Crippen LogP contribution in [0.4, 0.5) is 0 Å². The molecule has 0 heterocycles. The van der Waals surface area contributed by atoms with Crippen LogP contribution < -0.4 is 0 Å². The van der Waals surface area contributed by atoms with Gasteiger partial charge in [-0.05, 0) is 39.5 Å². The fraction of sp³-hybridized carbons (Fsp3) is 0.833. The van der Waals surface area contributed by atoms with Crippen molar-refractivity contribution in [2.75, 3.05) is 19.6 Å². The first kappa shape index (κ1) is 17.2. The lowest BCUT2D eigenvalue weighted by Crippen LogP contribution is -2.56. The molecule has 20 heavy (non-hydrogen) atoms. The van der Waals surface area contributed by atoms with Crippen LogP contribution >= 0.6 is 0 Å². The summed E-state index contributed by atoms with van der Waals surface area (Å²) in [4.78, 5) is 13.0. The Labute approximate surface area is 125 Å². The normalized spacial score (nSPS) is 22.2. The molecule has 2 atom stereocenters. The first-order chi connectivity index (χ1) is 9.65. The van der Waals surface area contributed by atoms with Crippen molar-refractivity contribution >= 4 is 5.91 Å². The van der Waals surface area contributed by atoms with E-state index in [9.17, 15) is 4.79 Å². The van der Waals surface area contributed by atoms with E-state index in [1.165, 1.54) is 25.7 Å². The van der Waals surface area contributed by atoms with Crippen molar-refractivity contribution in [1.29, 1.82) is 0 Å². The minimum atomic E-state index is -0.0135. The Bertz CT molecular complexity index is 351. The van der Waals surface area contributed by atoms with E-state index in [0.29, 0.717) is 16.3 Å². The number of amides is 1. The Kier molecular flexibility index (Phi) is 7.30. The van der Waals surface area contributed by atoms with Gasteiger partial charge in [-0.1, -0.05) is 32.1 Å². The molecule has 2 heteroatoms. The summed E-state index contributed by atoms with van der Waals surface area (Å²) in [5.74, 6) is 7.35. The minimum absolute atomic E-state index is 0.0135. The van der Waals surface area contributed by atoms with E-state index in [0.717, 1.165) is 32.5 Å². The lowest BCUT2D eigenvalue weighted by atomic mass is 9.80. The first-order valence-corrected chi connectivity index (χ1v) is 8.54. The average Bonchev–Trinajstić information content (AvgIpc) is 2.50. The molecule has 0 aromatic heterocycles. The molecule has 0 saturated carbocycles. The molecule has 0 spiro atoms. The molecule has 1 aliphatic carbocycles. The third-order valence-electron chi connectivity index (χ3n) is 5.10. The second kappa shape index (κ2) is 8.47. The highest BCUT2D eigenvalue weighted by Gasteiger charge is 2.41. The second-order valence-electron chi connectivity index (χ2n) is 6.03. The third kappa shape index (κ3) is 3.85. The molecule has 1 amide bonds. The zero-order valence-electron chi connectivity index (χ0n) is 13.9. The van der Waals surface area contributed by atoms with Crippen molar-refractivity contribution in [3.05, 3.63) is 0 Å². The van der Waals surface area contributed by atoms with Gasteiger partial charge in [-0.2, -0.15) is 0 Å². The van der Waals surface area contributed by atoms with Crippen molar-refractivity contribution in [3.8, 4) is 11.8 Å². The van der Waals surface area contributed by atoms with Gasteiger partial charge in [-0.3, -0.25) is 4.48 Å². The standard InChI is InChI=1S/C18H32NO/c1-5-9-10-13-16-14-11-12-15-17(16)18(20)19(6-2,7-3)8-4/h16-17H,5-11,13-14H2,1-4H3/q+1/t16-,17-/m0/s1. The van der Waals surface area contributed by atoms with Crippen LogP contribution in [0.25, 0.3) is 0 Å². The summed E-state index contributed by atoms with van der Waals surface area (Å²) in [7, 11) is 0. The van der Waals surface area contributed by atoms with Crippen LogP contribution in [0.15, 0.2) is 0 Å². The van der Waals surface area contributed by atoms with Gasteiger partial charge in [0, 0.05) is 6.42 Å². The molecule has 114 valence electrons. The Morgan fingerprint density at radius 2 is 1.75 bits per heavy atom. The molecular formula is C18H32NO+. The largest absolute Gasteiger partial charge is 0.329 e. The maximum Gasteiger partial charge on any atom is 0.329 e. The van der Waals surface area contributed by atoms with E-state index < -0.39 is 0 Å². The predicted octanol–water partition coefficient (Wildman–Crippen LogP) is 4.00. The Morgan fingerprint density at radius 1 is 1.10 bits per heavy atom. The fourth-order valence-corrected chi connectivity index (χ4v) is 3.39. The Morgan fingerprint density at radius 3 is 2.30 bits per heavy atom. The van der Waals surface area contributed by atoms with Crippen molar-refractivity contribution in [3.63, 3.8) is 0 Å². The zero-order valence-corrected chi connectivity index (χ0v) is 13.9. The number of unbranched alkanes of at least 4 members (excludes halogenated alkanes) is 2. The van der Waals surface area contributed by atoms with Crippen LogP contribution in [0.5, 0.6) is 0 Å². The molecule has 0 N–H and O–H groups in total. The third-order valence-corrected chi connectivity index (χ3v) is 5.10. The van der Waals surface area contributed by atoms with Gasteiger partial charge in [0.05, 0.1) is 19.6 Å². The quantitative estimate of drug-likeness (QED) is 0.372. The number of hydrogen-bond donors (Lipinski definition) is 0. The molecule has 0 unspecified atom stereocenters. The van der Waals surface area contributed by atoms with Gasteiger partial charge in [0.25, 0.3) is 0 Å². The molecule has 0 aliphatic heterocycles. The van der Waals surface area contributed by atoms with Gasteiger partial charge in [-0.15, -0.1) is 5.92 Å². The molecular weight excluding hydrogens is 246 g/mol. The van der Waals surface area contributed by atoms with Crippen LogP contribution in [-0.2, 0) is 4.79 Å². The summed E-state index contributed by atoms with van der Waals surface area (Å²) in [6, 6.07) is 0. The summed E-state index contributed by atoms with van der Waals surface area (Å²) < 4.78 is 0.601. The van der Waals surface area contributed by atoms with Crippen molar-refractivity contribution in [2.45, 2.75) is 66.2 Å². The molecule has 0 saturated heterocycles. The van der Waals surface area contributed by atoms with E-state index in [2.05, 4.69) is 39.5 Å². The van der Waals surface area contributed by atoms with Crippen molar-refractivity contribution < 1.29 is 9.28 Å². The number of quaternary nitrogens is 1. The van der Waals surface area contributed by atoms with Crippen LogP contribution in [0.2, 0.25) is 0 Å². The van der Waals surface area contributed by atoms with Gasteiger partial charge in [0.15, 0.2) is 0 Å². The second-order valence-corrected chi connectivity index (χ2v) is 6.03. The molecule has 0 radical (unpaired) electrons. The summed E-state index contributed by atoms with van der Waals surface area (Å²) in [5.41, 5.74) is 0. The summed E-state index contributed by atoms with van der Waals surface area (Å²) >= 11 is 0. The number of nitrogens with zero attached hydrogens (tertiary/aromatic N) is 1. The summed E-state index contributed by atoms with van der Waals surface area (Å²) in [5, 5.41) is 0. The SMILES string of the molecule is CCCCC[C@H]1CCC#C[C@@H]1C(=O)[N+](CC)(CC)CC. The smallest absolute Gasteiger partial charge is 0.260 e. The summed E-state index contributed by atoms with van der Waals surface area (Å²) in [6.45, 7) is 11.3. The molecule has 0 aromatic rings. The number of carbonyl (C=O) groups is 1. The fourth-order valence-electron chi connectivity index (χ4n) is 3.39. The van der Waals surface area contributed by atoms with E-state index in [1.54, 1.807) is 0 Å². The highest BCUT2D eigenvalue weighted by atomic mass is 16.2. The van der Waals surface area contributed by atoms with Gasteiger partial charge in [0.2, 0.25) is 0 Å². The zero-order chi connectivity index (χ0) is 15.0. The van der Waals surface area contributed by atoms with Crippen LogP contribution in [0, 0.1) is 23.7 Å². The molecule has 1 aliphatic rings. The highest BCUT2D eigenvalue weighted by molar-refractivity contribution is 5.76. The molecule has 1 rings (SSSR count). The average molecular weight is 278 g/mol. The molecule has 0 fully saturated rings. The Balaban J connectivity index is 2.82. The van der Waals surface area contributed by atoms with E-state index in [4.69, 9.17) is 0 Å². The van der Waals surface area contributed by atoms with Gasteiger partial charge < -0.3 is 0 Å². The molecule has 0 aromatic carbocycles. The monoisotopic (exact) mass is 278 g/mol. The number of carbonyl (C=O) groups excluding carboxylic acids is 1. The van der Waals surface area contributed by atoms with Gasteiger partial charge >= 0.3 is 5.91 Å². The van der Waals surface area contributed by atoms with E-state index in [-0.39, 0.29) is 5.92 Å². The van der Waals surface area contributed by atoms with E-state index in [1.807, 2.05) is 0 Å². The molecule has 2 nitrogen and oxygen atoms in total. The maximum atomic E-state index is 13.0. The number of rotatable bonds is 8. The predicted molar refractivity (Wildman–Crippen MR) is 85.0 cm³/mol. The van der Waals surface area contributed by atoms with E-state index >= 15 is 0 Å². The highest BCUT2D eigenvalue weighted by Crippen LogP contribution is 2.30. The van der Waals surface area contributed by atoms with Crippen LogP contribution in [-0.4, -0.2) is 30.0 Å². The first-order valence-electron chi connectivity index (χ1n) is 8.54. The minimum Gasteiger partial charge on any atom is -0.260 e. The topological polar surface area (TPSA) is 17.1 Å². The number of hydrogen-bond acceptors (Lipinski definition) is 1. The van der Waals surface area contributed by atoms with Crippen LogP contribution in [0.1, 0.15) is 66.2 Å². The van der Waals surface area contributed by atoms with Gasteiger partial charge in [0.1, 0.15) is 5.92 Å². The van der Waals surface area contributed by atoms with Crippen LogP contribution in [0.3, 0.4) is 0 Å². The summed E-state index contributed by atoms with van der Waals surface area (Å²) in [6.07, 6.45) is 7.04. The molecule has 0 bridgehead atoms.